The van der Waals surface area contributed by atoms with Gasteiger partial charge >= 0.3 is 0 Å². The van der Waals surface area contributed by atoms with Crippen molar-refractivity contribution in [2.24, 2.45) is 0 Å². The Balaban J connectivity index is 1.48. The molecule has 2 atom stereocenters. The maximum absolute atomic E-state index is 2.61. The minimum absolute atomic E-state index is 0.106. The highest BCUT2D eigenvalue weighted by molar-refractivity contribution is 5.56. The summed E-state index contributed by atoms with van der Waals surface area (Å²) in [6, 6.07) is 39.9. The minimum atomic E-state index is 0.106. The maximum Gasteiger partial charge on any atom is 0.141 e. The molecule has 0 aromatic heterocycles. The molecule has 3 heterocycles. The highest BCUT2D eigenvalue weighted by Crippen LogP contribution is 2.49. The molecule has 4 aromatic rings. The predicted molar refractivity (Wildman–Crippen MR) is 137 cm³/mol. The summed E-state index contributed by atoms with van der Waals surface area (Å²) in [6.07, 6.45) is 2.31. The Morgan fingerprint density at radius 1 is 0.441 bits per heavy atom. The largest absolute Gasteiger partial charge is 0.280 e. The summed E-state index contributed by atoms with van der Waals surface area (Å²) in [6.45, 7) is 1.96. The smallest absolute Gasteiger partial charge is 0.141 e. The van der Waals surface area contributed by atoms with Gasteiger partial charge in [0.15, 0.2) is 0 Å². The Hall–Kier alpha value is -3.60. The van der Waals surface area contributed by atoms with Gasteiger partial charge in [-0.3, -0.25) is 10.0 Å². The van der Waals surface area contributed by atoms with Crippen LogP contribution in [0.25, 0.3) is 0 Å². The topological polar surface area (TPSA) is 13.0 Å². The third-order valence-electron chi connectivity index (χ3n) is 7.51. The van der Waals surface area contributed by atoms with Crippen LogP contribution in [0.15, 0.2) is 109 Å². The van der Waals surface area contributed by atoms with E-state index in [2.05, 4.69) is 129 Å². The van der Waals surface area contributed by atoms with Gasteiger partial charge in [-0.15, -0.1) is 0 Å². The van der Waals surface area contributed by atoms with Crippen LogP contribution in [0.4, 0.5) is 11.4 Å². The number of hydrazine groups is 2. The Kier molecular flexibility index (Phi) is 4.67. The lowest BCUT2D eigenvalue weighted by Crippen LogP contribution is -2.69. The Morgan fingerprint density at radius 2 is 0.824 bits per heavy atom. The summed E-state index contributed by atoms with van der Waals surface area (Å²) in [4.78, 5) is 0. The van der Waals surface area contributed by atoms with E-state index < -0.39 is 0 Å². The van der Waals surface area contributed by atoms with E-state index in [4.69, 9.17) is 0 Å². The molecule has 4 aromatic carbocycles. The molecule has 0 bridgehead atoms. The van der Waals surface area contributed by atoms with Gasteiger partial charge in [-0.25, -0.2) is 0 Å². The van der Waals surface area contributed by atoms with Crippen LogP contribution in [-0.4, -0.2) is 23.1 Å². The van der Waals surface area contributed by atoms with Crippen molar-refractivity contribution < 1.29 is 0 Å². The van der Waals surface area contributed by atoms with E-state index in [1.54, 1.807) is 0 Å². The lowest BCUT2D eigenvalue weighted by Gasteiger charge is -2.62. The fourth-order valence-corrected chi connectivity index (χ4v) is 6.05. The number of para-hydroxylation sites is 2. The number of nitrogens with zero attached hydrogens (tertiary/aromatic N) is 4. The van der Waals surface area contributed by atoms with Crippen molar-refractivity contribution >= 4 is 11.4 Å². The zero-order valence-corrected chi connectivity index (χ0v) is 19.2. The van der Waals surface area contributed by atoms with Crippen molar-refractivity contribution in [3.05, 3.63) is 131 Å². The number of anilines is 2. The molecule has 4 nitrogen and oxygen atoms in total. The van der Waals surface area contributed by atoms with E-state index in [1.165, 1.54) is 33.6 Å². The van der Waals surface area contributed by atoms with Crippen molar-refractivity contribution in [2.75, 3.05) is 23.1 Å². The van der Waals surface area contributed by atoms with Crippen LogP contribution in [0.1, 0.15) is 34.6 Å². The maximum atomic E-state index is 2.61. The summed E-state index contributed by atoms with van der Waals surface area (Å²) in [5.41, 5.74) is 8.19. The van der Waals surface area contributed by atoms with Crippen molar-refractivity contribution in [3.63, 3.8) is 0 Å². The van der Waals surface area contributed by atoms with E-state index in [1.807, 2.05) is 0 Å². The quantitative estimate of drug-likeness (QED) is 0.378. The van der Waals surface area contributed by atoms with Gasteiger partial charge in [-0.2, -0.15) is 10.0 Å². The average Bonchev–Trinajstić information content (AvgIpc) is 2.92. The summed E-state index contributed by atoms with van der Waals surface area (Å²) >= 11 is 0. The number of fused-ring (bicyclic) bond motifs is 6. The third-order valence-corrected chi connectivity index (χ3v) is 7.51. The Labute approximate surface area is 201 Å². The lowest BCUT2D eigenvalue weighted by molar-refractivity contribution is -0.0222. The summed E-state index contributed by atoms with van der Waals surface area (Å²) in [7, 11) is 0. The van der Waals surface area contributed by atoms with Crippen LogP contribution < -0.4 is 10.0 Å². The van der Waals surface area contributed by atoms with Crippen molar-refractivity contribution in [1.82, 2.24) is 10.0 Å². The molecule has 1 saturated heterocycles. The van der Waals surface area contributed by atoms with Gasteiger partial charge < -0.3 is 0 Å². The highest BCUT2D eigenvalue weighted by Gasteiger charge is 2.50. The van der Waals surface area contributed by atoms with E-state index in [0.29, 0.717) is 0 Å². The second-order valence-electron chi connectivity index (χ2n) is 9.33. The second-order valence-corrected chi connectivity index (χ2v) is 9.33. The average molecular weight is 445 g/mol. The van der Waals surface area contributed by atoms with Gasteiger partial charge in [-0.05, 0) is 59.4 Å². The van der Waals surface area contributed by atoms with E-state index >= 15 is 0 Å². The van der Waals surface area contributed by atoms with Crippen molar-refractivity contribution in [2.45, 2.75) is 25.2 Å². The molecule has 34 heavy (non-hydrogen) atoms. The molecule has 3 aliphatic rings. The van der Waals surface area contributed by atoms with Crippen LogP contribution in [-0.2, 0) is 12.8 Å². The van der Waals surface area contributed by atoms with Crippen molar-refractivity contribution in [3.8, 4) is 0 Å². The van der Waals surface area contributed by atoms with E-state index in [0.717, 1.165) is 25.9 Å². The van der Waals surface area contributed by atoms with E-state index in [-0.39, 0.29) is 12.3 Å². The van der Waals surface area contributed by atoms with Crippen LogP contribution in [0.3, 0.4) is 0 Å². The SMILES string of the molecule is c1ccc(N2[C@@H]3c4ccccc4CCN3N(c3ccccc3)[C@H]3c4ccccc4CCN32)cc1. The third kappa shape index (κ3) is 2.99. The van der Waals surface area contributed by atoms with Gasteiger partial charge in [0.2, 0.25) is 0 Å². The first-order valence-electron chi connectivity index (χ1n) is 12.3. The minimum Gasteiger partial charge on any atom is -0.280 e. The van der Waals surface area contributed by atoms with E-state index in [9.17, 15) is 0 Å². The molecule has 0 radical (unpaired) electrons. The first kappa shape index (κ1) is 19.8. The van der Waals surface area contributed by atoms with Crippen LogP contribution in [0.5, 0.6) is 0 Å². The summed E-state index contributed by atoms with van der Waals surface area (Å²) in [5.74, 6) is 0. The van der Waals surface area contributed by atoms with Crippen LogP contribution in [0.2, 0.25) is 0 Å². The van der Waals surface area contributed by atoms with Gasteiger partial charge in [0, 0.05) is 13.1 Å². The van der Waals surface area contributed by atoms with Crippen molar-refractivity contribution in [1.29, 1.82) is 0 Å². The molecule has 0 saturated carbocycles. The van der Waals surface area contributed by atoms with Gasteiger partial charge in [0.1, 0.15) is 12.3 Å². The molecule has 0 N–H and O–H groups in total. The number of benzene rings is 4. The fourth-order valence-electron chi connectivity index (χ4n) is 6.05. The second kappa shape index (κ2) is 8.01. The molecule has 0 unspecified atom stereocenters. The molecular formula is C30H28N4. The first-order valence-corrected chi connectivity index (χ1v) is 12.3. The van der Waals surface area contributed by atoms with Crippen LogP contribution in [0, 0.1) is 0 Å². The zero-order valence-electron chi connectivity index (χ0n) is 19.2. The van der Waals surface area contributed by atoms with Crippen LogP contribution >= 0.6 is 0 Å². The molecule has 7 rings (SSSR count). The highest BCUT2D eigenvalue weighted by atomic mass is 15.9. The summed E-state index contributed by atoms with van der Waals surface area (Å²) in [5, 5.41) is 10.3. The number of rotatable bonds is 2. The molecule has 0 aliphatic carbocycles. The fraction of sp³-hybridized carbons (Fsp3) is 0.200. The molecule has 3 aliphatic heterocycles. The summed E-state index contributed by atoms with van der Waals surface area (Å²) < 4.78 is 0. The lowest BCUT2D eigenvalue weighted by atomic mass is 9.93. The number of hydrogen-bond acceptors (Lipinski definition) is 4. The standard InChI is InChI=1S/C30H28N4/c1-3-13-25(14-4-1)33-29-27-17-9-7-11-23(27)20-22-32(29)34(26-15-5-2-6-16-26)30-28-18-10-8-12-24(28)19-21-31(30)33/h1-18,29-30H,19-22H2/t29-,30+. The normalized spacial score (nSPS) is 21.9. The van der Waals surface area contributed by atoms with Gasteiger partial charge in [0.25, 0.3) is 0 Å². The Morgan fingerprint density at radius 3 is 1.26 bits per heavy atom. The zero-order chi connectivity index (χ0) is 22.5. The monoisotopic (exact) mass is 444 g/mol. The Bertz CT molecular complexity index is 1200. The first-order chi connectivity index (χ1) is 16.9. The molecule has 1 fully saturated rings. The molecule has 168 valence electrons. The molecule has 4 heteroatoms. The predicted octanol–water partition coefficient (Wildman–Crippen LogP) is 5.96. The molecular weight excluding hydrogens is 416 g/mol. The van der Waals surface area contributed by atoms with Gasteiger partial charge in [-0.1, -0.05) is 84.9 Å². The number of hydrogen-bond donors (Lipinski definition) is 0. The molecule has 0 amide bonds. The molecule has 0 spiro atoms. The van der Waals surface area contributed by atoms with Gasteiger partial charge in [0.05, 0.1) is 11.4 Å².